The number of hydrogen-bond donors (Lipinski definition) is 1. The Balaban J connectivity index is 2.29. The monoisotopic (exact) mass is 368 g/mol. The number of methoxy groups -OCH3 is 1. The third-order valence-corrected chi connectivity index (χ3v) is 4.32. The first-order valence-electron chi connectivity index (χ1n) is 6.56. The average Bonchev–Trinajstić information content (AvgIpc) is 2.58. The molecule has 2 aromatic rings. The lowest BCUT2D eigenvalue weighted by atomic mass is 10.2. The first-order chi connectivity index (χ1) is 11.3. The molecule has 7 nitrogen and oxygen atoms in total. The second-order valence-corrected chi connectivity index (χ2v) is 7.09. The molecule has 0 radical (unpaired) electrons. The highest BCUT2D eigenvalue weighted by atomic mass is 35.7. The third kappa shape index (κ3) is 4.24. The van der Waals surface area contributed by atoms with Crippen molar-refractivity contribution in [3.63, 3.8) is 0 Å². The van der Waals surface area contributed by atoms with Crippen LogP contribution in [0.2, 0.25) is 0 Å². The van der Waals surface area contributed by atoms with Crippen LogP contribution in [0.25, 0.3) is 0 Å². The van der Waals surface area contributed by atoms with Crippen molar-refractivity contribution in [3.05, 3.63) is 59.7 Å². The molecule has 24 heavy (non-hydrogen) atoms. The Labute approximate surface area is 143 Å². The van der Waals surface area contributed by atoms with E-state index in [1.807, 2.05) is 0 Å². The Bertz CT molecular complexity index is 882. The molecular weight excluding hydrogens is 356 g/mol. The van der Waals surface area contributed by atoms with Crippen LogP contribution in [0.1, 0.15) is 15.9 Å². The molecule has 0 spiro atoms. The van der Waals surface area contributed by atoms with Gasteiger partial charge in [-0.15, -0.1) is 0 Å². The number of nitrogens with zero attached hydrogens (tertiary/aromatic N) is 1. The standard InChI is InChI=1S/C15H13ClN2O5S/c1-22-13-8-7-11(24(16,20)21)9-12(13)15(19)23-18-14(17)10-5-3-2-4-6-10/h2-9H,1H3,(H2,17,18). The van der Waals surface area contributed by atoms with E-state index in [0.29, 0.717) is 5.56 Å². The fraction of sp³-hybridized carbons (Fsp3) is 0.0667. The molecule has 9 heteroatoms. The largest absolute Gasteiger partial charge is 0.496 e. The highest BCUT2D eigenvalue weighted by Gasteiger charge is 2.19. The average molecular weight is 369 g/mol. The van der Waals surface area contributed by atoms with E-state index in [0.717, 1.165) is 6.07 Å². The van der Waals surface area contributed by atoms with Crippen LogP contribution < -0.4 is 10.5 Å². The van der Waals surface area contributed by atoms with E-state index in [4.69, 9.17) is 26.0 Å². The molecule has 2 rings (SSSR count). The maximum absolute atomic E-state index is 12.1. The highest BCUT2D eigenvalue weighted by Crippen LogP contribution is 2.25. The van der Waals surface area contributed by atoms with E-state index in [-0.39, 0.29) is 22.0 Å². The third-order valence-electron chi connectivity index (χ3n) is 2.97. The maximum Gasteiger partial charge on any atom is 0.369 e. The number of oxime groups is 1. The number of rotatable bonds is 5. The zero-order valence-corrected chi connectivity index (χ0v) is 14.0. The lowest BCUT2D eigenvalue weighted by molar-refractivity contribution is 0.0512. The Morgan fingerprint density at radius 2 is 1.83 bits per heavy atom. The normalized spacial score (nSPS) is 11.8. The summed E-state index contributed by atoms with van der Waals surface area (Å²) >= 11 is 0. The van der Waals surface area contributed by atoms with Crippen molar-refractivity contribution < 1.29 is 22.8 Å². The fourth-order valence-electron chi connectivity index (χ4n) is 1.80. The number of carbonyl (C=O) groups excluding carboxylic acids is 1. The van der Waals surface area contributed by atoms with Gasteiger partial charge in [0.15, 0.2) is 5.84 Å². The van der Waals surface area contributed by atoms with Crippen molar-refractivity contribution in [2.75, 3.05) is 7.11 Å². The van der Waals surface area contributed by atoms with Crippen LogP contribution in [0.5, 0.6) is 5.75 Å². The molecule has 0 aliphatic rings. The van der Waals surface area contributed by atoms with Crippen LogP contribution in [0.3, 0.4) is 0 Å². The van der Waals surface area contributed by atoms with Crippen LogP contribution in [-0.4, -0.2) is 27.3 Å². The van der Waals surface area contributed by atoms with Crippen LogP contribution in [0.4, 0.5) is 0 Å². The molecule has 0 saturated carbocycles. The van der Waals surface area contributed by atoms with Crippen LogP contribution in [0, 0.1) is 0 Å². The smallest absolute Gasteiger partial charge is 0.369 e. The van der Waals surface area contributed by atoms with E-state index in [1.165, 1.54) is 19.2 Å². The molecule has 2 N–H and O–H groups in total. The predicted octanol–water partition coefficient (Wildman–Crippen LogP) is 2.10. The zero-order valence-electron chi connectivity index (χ0n) is 12.5. The molecule has 0 unspecified atom stereocenters. The van der Waals surface area contributed by atoms with Crippen molar-refractivity contribution in [1.29, 1.82) is 0 Å². The van der Waals surface area contributed by atoms with Gasteiger partial charge in [-0.25, -0.2) is 13.2 Å². The Morgan fingerprint density at radius 3 is 2.42 bits per heavy atom. The summed E-state index contributed by atoms with van der Waals surface area (Å²) in [6.45, 7) is 0. The minimum Gasteiger partial charge on any atom is -0.496 e. The summed E-state index contributed by atoms with van der Waals surface area (Å²) in [5, 5.41) is 3.54. The number of hydrogen-bond acceptors (Lipinski definition) is 6. The van der Waals surface area contributed by atoms with Crippen LogP contribution in [-0.2, 0) is 13.9 Å². The van der Waals surface area contributed by atoms with Gasteiger partial charge in [-0.05, 0) is 18.2 Å². The van der Waals surface area contributed by atoms with Crippen LogP contribution in [0.15, 0.2) is 58.6 Å². The van der Waals surface area contributed by atoms with E-state index in [9.17, 15) is 13.2 Å². The van der Waals surface area contributed by atoms with Crippen molar-refractivity contribution in [3.8, 4) is 5.75 Å². The Kier molecular flexibility index (Phi) is 5.42. The van der Waals surface area contributed by atoms with E-state index in [1.54, 1.807) is 30.3 Å². The summed E-state index contributed by atoms with van der Waals surface area (Å²) in [7, 11) is 2.58. The van der Waals surface area contributed by atoms with Crippen molar-refractivity contribution >= 4 is 31.5 Å². The number of carbonyl (C=O) groups is 1. The first kappa shape index (κ1) is 17.8. The van der Waals surface area contributed by atoms with Gasteiger partial charge in [0, 0.05) is 16.2 Å². The number of amidine groups is 1. The SMILES string of the molecule is COc1ccc(S(=O)(=O)Cl)cc1C(=O)O/N=C(\N)c1ccccc1. The fourth-order valence-corrected chi connectivity index (χ4v) is 2.58. The van der Waals surface area contributed by atoms with Gasteiger partial charge < -0.3 is 15.3 Å². The van der Waals surface area contributed by atoms with Gasteiger partial charge in [0.2, 0.25) is 0 Å². The molecule has 126 valence electrons. The molecular formula is C15H13ClN2O5S. The molecule has 0 aromatic heterocycles. The Hall–Kier alpha value is -2.58. The second kappa shape index (κ2) is 7.33. The molecule has 0 aliphatic carbocycles. The lowest BCUT2D eigenvalue weighted by Gasteiger charge is -2.07. The highest BCUT2D eigenvalue weighted by molar-refractivity contribution is 8.13. The summed E-state index contributed by atoms with van der Waals surface area (Å²) in [6, 6.07) is 12.2. The number of ether oxygens (including phenoxy) is 1. The molecule has 0 fully saturated rings. The van der Waals surface area contributed by atoms with Gasteiger partial charge in [0.05, 0.1) is 12.0 Å². The maximum atomic E-state index is 12.1. The minimum absolute atomic E-state index is 0.0102. The summed E-state index contributed by atoms with van der Waals surface area (Å²) in [4.78, 5) is 16.6. The van der Waals surface area contributed by atoms with Gasteiger partial charge in [0.1, 0.15) is 11.3 Å². The number of benzene rings is 2. The lowest BCUT2D eigenvalue weighted by Crippen LogP contribution is -2.15. The van der Waals surface area contributed by atoms with Gasteiger partial charge in [0.25, 0.3) is 9.05 Å². The van der Waals surface area contributed by atoms with Gasteiger partial charge in [-0.3, -0.25) is 0 Å². The molecule has 0 bridgehead atoms. The van der Waals surface area contributed by atoms with E-state index < -0.39 is 15.0 Å². The van der Waals surface area contributed by atoms with Gasteiger partial charge >= 0.3 is 5.97 Å². The summed E-state index contributed by atoms with van der Waals surface area (Å²) in [5.74, 6) is -0.838. The topological polar surface area (TPSA) is 108 Å². The minimum atomic E-state index is -4.01. The quantitative estimate of drug-likeness (QED) is 0.284. The zero-order chi connectivity index (χ0) is 17.7. The second-order valence-electron chi connectivity index (χ2n) is 4.52. The van der Waals surface area contributed by atoms with Gasteiger partial charge in [-0.1, -0.05) is 35.5 Å². The van der Waals surface area contributed by atoms with Gasteiger partial charge in [-0.2, -0.15) is 0 Å². The first-order valence-corrected chi connectivity index (χ1v) is 8.87. The molecule has 0 saturated heterocycles. The molecule has 0 heterocycles. The van der Waals surface area contributed by atoms with E-state index in [2.05, 4.69) is 5.16 Å². The number of nitrogens with two attached hydrogens (primary N) is 1. The summed E-state index contributed by atoms with van der Waals surface area (Å²) in [5.41, 5.74) is 6.13. The summed E-state index contributed by atoms with van der Waals surface area (Å²) < 4.78 is 27.8. The Morgan fingerprint density at radius 1 is 1.17 bits per heavy atom. The molecule has 0 amide bonds. The molecule has 2 aromatic carbocycles. The predicted molar refractivity (Wildman–Crippen MR) is 88.6 cm³/mol. The van der Waals surface area contributed by atoms with Crippen molar-refractivity contribution in [1.82, 2.24) is 0 Å². The van der Waals surface area contributed by atoms with Crippen molar-refractivity contribution in [2.24, 2.45) is 10.9 Å². The van der Waals surface area contributed by atoms with Crippen molar-refractivity contribution in [2.45, 2.75) is 4.90 Å². The number of halogens is 1. The molecule has 0 aliphatic heterocycles. The summed E-state index contributed by atoms with van der Waals surface area (Å²) in [6.07, 6.45) is 0. The molecule has 0 atom stereocenters. The van der Waals surface area contributed by atoms with E-state index >= 15 is 0 Å². The van der Waals surface area contributed by atoms with Crippen LogP contribution >= 0.6 is 10.7 Å².